The van der Waals surface area contributed by atoms with Crippen LogP contribution < -0.4 is 10.0 Å². The fraction of sp³-hybridized carbons (Fsp3) is 0.250. The summed E-state index contributed by atoms with van der Waals surface area (Å²) in [5.74, 6) is -0.942. The topological polar surface area (TPSA) is 119 Å². The van der Waals surface area contributed by atoms with Crippen molar-refractivity contribution in [3.63, 3.8) is 0 Å². The molecule has 2 aromatic rings. The lowest BCUT2D eigenvalue weighted by Gasteiger charge is -2.18. The van der Waals surface area contributed by atoms with Gasteiger partial charge in [0.2, 0.25) is 21.8 Å². The molecule has 0 aliphatic carbocycles. The van der Waals surface area contributed by atoms with Gasteiger partial charge in [-0.1, -0.05) is 12.1 Å². The molecule has 0 aromatic heterocycles. The Hall–Kier alpha value is -3.22. The number of anilines is 1. The predicted octanol–water partition coefficient (Wildman–Crippen LogP) is 1.55. The Morgan fingerprint density at radius 2 is 1.76 bits per heavy atom. The molecule has 0 unspecified atom stereocenters. The molecule has 9 heteroatoms. The van der Waals surface area contributed by atoms with Crippen LogP contribution >= 0.6 is 0 Å². The maximum absolute atomic E-state index is 12.2. The van der Waals surface area contributed by atoms with Gasteiger partial charge < -0.3 is 10.2 Å². The number of sulfonamides is 1. The minimum atomic E-state index is -3.91. The maximum atomic E-state index is 12.2. The van der Waals surface area contributed by atoms with Crippen LogP contribution in [0.15, 0.2) is 47.4 Å². The second kappa shape index (κ2) is 9.32. The number of likely N-dealkylation sites (N-methyl/N-ethyl adjacent to an activating group) is 1. The van der Waals surface area contributed by atoms with E-state index in [2.05, 4.69) is 10.0 Å². The molecule has 0 saturated carbocycles. The number of carbonyl (C=O) groups is 2. The first-order valence-electron chi connectivity index (χ1n) is 8.74. The summed E-state index contributed by atoms with van der Waals surface area (Å²) in [4.78, 5) is 25.5. The van der Waals surface area contributed by atoms with E-state index in [0.29, 0.717) is 11.3 Å². The van der Waals surface area contributed by atoms with E-state index < -0.39 is 22.5 Å². The van der Waals surface area contributed by atoms with Crippen molar-refractivity contribution >= 4 is 27.5 Å². The molecule has 8 nitrogen and oxygen atoms in total. The van der Waals surface area contributed by atoms with Crippen molar-refractivity contribution in [2.45, 2.75) is 18.7 Å². The van der Waals surface area contributed by atoms with Crippen molar-refractivity contribution in [2.75, 3.05) is 25.5 Å². The van der Waals surface area contributed by atoms with Crippen LogP contribution in [0.5, 0.6) is 0 Å². The number of carbonyl (C=O) groups excluding carboxylic acids is 2. The van der Waals surface area contributed by atoms with Crippen LogP contribution in [-0.2, 0) is 19.6 Å². The SMILES string of the molecule is Cc1cccc(NC(=O)CN(C)C(=O)CNS(=O)(=O)c2ccc(C#N)cc2)c1C. The molecule has 29 heavy (non-hydrogen) atoms. The molecule has 0 atom stereocenters. The van der Waals surface area contributed by atoms with E-state index in [0.717, 1.165) is 16.0 Å². The molecule has 152 valence electrons. The Bertz CT molecular complexity index is 1060. The number of nitrogens with one attached hydrogen (secondary N) is 2. The van der Waals surface area contributed by atoms with E-state index in [-0.39, 0.29) is 17.3 Å². The molecular formula is C20H22N4O4S. The van der Waals surface area contributed by atoms with Crippen molar-refractivity contribution in [1.29, 1.82) is 5.26 Å². The number of hydrogen-bond acceptors (Lipinski definition) is 5. The van der Waals surface area contributed by atoms with Crippen molar-refractivity contribution in [2.24, 2.45) is 0 Å². The number of benzene rings is 2. The Morgan fingerprint density at radius 3 is 2.38 bits per heavy atom. The highest BCUT2D eigenvalue weighted by molar-refractivity contribution is 7.89. The van der Waals surface area contributed by atoms with Gasteiger partial charge in [0, 0.05) is 12.7 Å². The Labute approximate surface area is 170 Å². The van der Waals surface area contributed by atoms with E-state index in [1.165, 1.54) is 31.3 Å². The van der Waals surface area contributed by atoms with Crippen LogP contribution in [0.25, 0.3) is 0 Å². The van der Waals surface area contributed by atoms with Crippen molar-refractivity contribution < 1.29 is 18.0 Å². The van der Waals surface area contributed by atoms with Crippen LogP contribution in [-0.4, -0.2) is 45.3 Å². The molecule has 2 aromatic carbocycles. The minimum Gasteiger partial charge on any atom is -0.335 e. The van der Waals surface area contributed by atoms with Crippen LogP contribution in [0.4, 0.5) is 5.69 Å². The van der Waals surface area contributed by atoms with E-state index in [1.807, 2.05) is 32.0 Å². The Kier molecular flexibility index (Phi) is 7.09. The summed E-state index contributed by atoms with van der Waals surface area (Å²) in [5.41, 5.74) is 2.96. The van der Waals surface area contributed by atoms with Crippen molar-refractivity contribution in [3.8, 4) is 6.07 Å². The van der Waals surface area contributed by atoms with Crippen LogP contribution in [0.1, 0.15) is 16.7 Å². The number of amides is 2. The monoisotopic (exact) mass is 414 g/mol. The highest BCUT2D eigenvalue weighted by atomic mass is 32.2. The van der Waals surface area contributed by atoms with Gasteiger partial charge in [-0.2, -0.15) is 5.26 Å². The molecular weight excluding hydrogens is 392 g/mol. The van der Waals surface area contributed by atoms with E-state index in [9.17, 15) is 18.0 Å². The lowest BCUT2D eigenvalue weighted by atomic mass is 10.1. The van der Waals surface area contributed by atoms with Gasteiger partial charge in [0.25, 0.3) is 0 Å². The molecule has 2 rings (SSSR count). The summed E-state index contributed by atoms with van der Waals surface area (Å²) >= 11 is 0. The second-order valence-electron chi connectivity index (χ2n) is 6.51. The first kappa shape index (κ1) is 22.1. The lowest BCUT2D eigenvalue weighted by molar-refractivity contribution is -0.132. The maximum Gasteiger partial charge on any atom is 0.243 e. The molecule has 0 fully saturated rings. The number of hydrogen-bond donors (Lipinski definition) is 2. The zero-order chi connectivity index (χ0) is 21.6. The molecule has 2 amide bonds. The van der Waals surface area contributed by atoms with Crippen LogP contribution in [0.2, 0.25) is 0 Å². The average Bonchev–Trinajstić information content (AvgIpc) is 2.69. The van der Waals surface area contributed by atoms with Crippen molar-refractivity contribution in [1.82, 2.24) is 9.62 Å². The molecule has 0 saturated heterocycles. The summed E-state index contributed by atoms with van der Waals surface area (Å²) in [6, 6.07) is 12.7. The smallest absolute Gasteiger partial charge is 0.243 e. The summed E-state index contributed by atoms with van der Waals surface area (Å²) < 4.78 is 26.7. The van der Waals surface area contributed by atoms with Gasteiger partial charge >= 0.3 is 0 Å². The highest BCUT2D eigenvalue weighted by Crippen LogP contribution is 2.17. The van der Waals surface area contributed by atoms with Gasteiger partial charge in [0.15, 0.2) is 0 Å². The number of aryl methyl sites for hydroxylation is 1. The van der Waals surface area contributed by atoms with Gasteiger partial charge in [-0.25, -0.2) is 13.1 Å². The fourth-order valence-corrected chi connectivity index (χ4v) is 3.44. The lowest BCUT2D eigenvalue weighted by Crippen LogP contribution is -2.41. The zero-order valence-corrected chi connectivity index (χ0v) is 17.2. The third-order valence-corrected chi connectivity index (χ3v) is 5.81. The molecule has 2 N–H and O–H groups in total. The normalized spacial score (nSPS) is 10.8. The molecule has 0 heterocycles. The van der Waals surface area contributed by atoms with E-state index in [4.69, 9.17) is 5.26 Å². The summed E-state index contributed by atoms with van der Waals surface area (Å²) in [5, 5.41) is 11.5. The Morgan fingerprint density at radius 1 is 1.10 bits per heavy atom. The predicted molar refractivity (Wildman–Crippen MR) is 109 cm³/mol. The van der Waals surface area contributed by atoms with Gasteiger partial charge in [-0.05, 0) is 55.3 Å². The summed E-state index contributed by atoms with van der Waals surface area (Å²) in [6.45, 7) is 3.11. The average molecular weight is 414 g/mol. The van der Waals surface area contributed by atoms with E-state index >= 15 is 0 Å². The molecule has 0 aliphatic heterocycles. The largest absolute Gasteiger partial charge is 0.335 e. The van der Waals surface area contributed by atoms with Gasteiger partial charge in [-0.15, -0.1) is 0 Å². The van der Waals surface area contributed by atoms with Gasteiger partial charge in [0.1, 0.15) is 0 Å². The molecule has 0 spiro atoms. The third kappa shape index (κ3) is 5.88. The van der Waals surface area contributed by atoms with E-state index in [1.54, 1.807) is 6.07 Å². The molecule has 0 radical (unpaired) electrons. The number of rotatable bonds is 7. The third-order valence-electron chi connectivity index (χ3n) is 4.39. The highest BCUT2D eigenvalue weighted by Gasteiger charge is 2.19. The molecule has 0 aliphatic rings. The van der Waals surface area contributed by atoms with Crippen LogP contribution in [0.3, 0.4) is 0 Å². The summed E-state index contributed by atoms with van der Waals surface area (Å²) in [7, 11) is -2.49. The number of nitrogens with zero attached hydrogens (tertiary/aromatic N) is 2. The standard InChI is InChI=1S/C20H22N4O4S/c1-14-5-4-6-18(15(14)2)23-19(25)13-24(3)20(26)12-22-29(27,28)17-9-7-16(11-21)8-10-17/h4-10,22H,12-13H2,1-3H3,(H,23,25). The summed E-state index contributed by atoms with van der Waals surface area (Å²) in [6.07, 6.45) is 0. The molecule has 0 bridgehead atoms. The fourth-order valence-electron chi connectivity index (χ4n) is 2.46. The van der Waals surface area contributed by atoms with Gasteiger partial charge in [0.05, 0.1) is 29.6 Å². The Balaban J connectivity index is 1.91. The second-order valence-corrected chi connectivity index (χ2v) is 8.27. The van der Waals surface area contributed by atoms with Crippen LogP contribution in [0, 0.1) is 25.2 Å². The minimum absolute atomic E-state index is 0.0559. The zero-order valence-electron chi connectivity index (χ0n) is 16.4. The first-order chi connectivity index (χ1) is 13.6. The first-order valence-corrected chi connectivity index (χ1v) is 10.2. The van der Waals surface area contributed by atoms with Crippen molar-refractivity contribution in [3.05, 3.63) is 59.2 Å². The number of nitriles is 1. The quantitative estimate of drug-likeness (QED) is 0.712. The van der Waals surface area contributed by atoms with Gasteiger partial charge in [-0.3, -0.25) is 9.59 Å².